The number of urea groups is 1. The van der Waals surface area contributed by atoms with Crippen molar-refractivity contribution in [2.24, 2.45) is 11.1 Å². The number of aliphatic hydroxyl groups excluding tert-OH is 7. The van der Waals surface area contributed by atoms with Gasteiger partial charge in [0.25, 0.3) is 5.91 Å². The van der Waals surface area contributed by atoms with E-state index in [1.807, 2.05) is 5.32 Å². The zero-order chi connectivity index (χ0) is 42.8. The highest BCUT2D eigenvalue weighted by atomic mass is 16.8. The van der Waals surface area contributed by atoms with Crippen molar-refractivity contribution in [3.05, 3.63) is 12.2 Å². The van der Waals surface area contributed by atoms with Gasteiger partial charge in [0.2, 0.25) is 11.5 Å². The summed E-state index contributed by atoms with van der Waals surface area (Å²) >= 11 is 0. The van der Waals surface area contributed by atoms with Gasteiger partial charge in [0.15, 0.2) is 12.4 Å². The van der Waals surface area contributed by atoms with Crippen molar-refractivity contribution in [3.63, 3.8) is 0 Å². The largest absolute Gasteiger partial charge is 0.453 e. The Bertz CT molecular complexity index is 1270. The lowest BCUT2D eigenvalue weighted by atomic mass is 9.98. The van der Waals surface area contributed by atoms with Crippen LogP contribution in [0, 0.1) is 17.2 Å². The number of unbranched alkanes of at least 4 members (excludes halogenated alkanes) is 10. The Balaban J connectivity index is 0.000000982. The first-order valence-electron chi connectivity index (χ1n) is 19.8. The minimum Gasteiger partial charge on any atom is -0.453 e. The monoisotopic (exact) mass is 818 g/mol. The fourth-order valence-corrected chi connectivity index (χ4v) is 6.05. The molecule has 19 heteroatoms. The summed E-state index contributed by atoms with van der Waals surface area (Å²) in [5.41, 5.74) is -0.515. The Labute approximate surface area is 335 Å². The molecule has 19 nitrogen and oxygen atoms in total. The third kappa shape index (κ3) is 17.6. The van der Waals surface area contributed by atoms with Crippen LogP contribution in [0.3, 0.4) is 0 Å². The second kappa shape index (κ2) is 29.0. The fraction of sp³-hybridized carbons (Fsp3) is 0.816. The number of allylic oxidation sites excluding steroid dienone is 2. The number of hydrogen-bond donors (Lipinski definition) is 9. The van der Waals surface area contributed by atoms with Crippen molar-refractivity contribution in [3.8, 4) is 6.07 Å². The van der Waals surface area contributed by atoms with E-state index in [9.17, 15) is 50.1 Å². The normalized spacial score (nSPS) is 27.9. The first kappa shape index (κ1) is 51.7. The van der Waals surface area contributed by atoms with Gasteiger partial charge in [-0.05, 0) is 39.0 Å². The van der Waals surface area contributed by atoms with E-state index in [1.54, 1.807) is 13.8 Å². The lowest BCUT2D eigenvalue weighted by molar-refractivity contribution is -0.384. The molecule has 2 saturated heterocycles. The van der Waals surface area contributed by atoms with E-state index in [2.05, 4.69) is 34.4 Å². The molecule has 2 heterocycles. The number of esters is 1. The Hall–Kier alpha value is -3.29. The maximum Gasteiger partial charge on any atom is 0.321 e. The van der Waals surface area contributed by atoms with Crippen molar-refractivity contribution in [2.45, 2.75) is 159 Å². The van der Waals surface area contributed by atoms with E-state index in [1.165, 1.54) is 51.7 Å². The molecule has 0 aromatic rings. The maximum atomic E-state index is 13.0. The number of nitriles is 1. The van der Waals surface area contributed by atoms with Gasteiger partial charge in [0.05, 0.1) is 19.1 Å². The molecule has 1 unspecified atom stereocenters. The lowest BCUT2D eigenvalue weighted by Gasteiger charge is -2.43. The number of nitrogens with zero attached hydrogens (tertiary/aromatic N) is 2. The van der Waals surface area contributed by atoms with Crippen LogP contribution in [0.25, 0.3) is 0 Å². The van der Waals surface area contributed by atoms with E-state index in [0.29, 0.717) is 13.0 Å². The van der Waals surface area contributed by atoms with E-state index >= 15 is 0 Å². The number of imide groups is 1. The molecule has 0 radical (unpaired) electrons. The molecule has 0 saturated carbocycles. The topological polar surface area (TPSA) is 299 Å². The molecule has 2 rings (SSSR count). The van der Waals surface area contributed by atoms with E-state index in [4.69, 9.17) is 24.2 Å². The van der Waals surface area contributed by atoms with Gasteiger partial charge in [-0.3, -0.25) is 14.9 Å². The zero-order valence-electron chi connectivity index (χ0n) is 33.7. The average Bonchev–Trinajstić information content (AvgIpc) is 3.46. The first-order chi connectivity index (χ1) is 27.3. The number of ether oxygens (including phenoxy) is 4. The summed E-state index contributed by atoms with van der Waals surface area (Å²) < 4.78 is 22.1. The molecule has 0 aromatic heterocycles. The van der Waals surface area contributed by atoms with Crippen LogP contribution in [-0.2, 0) is 33.4 Å². The van der Waals surface area contributed by atoms with Gasteiger partial charge in [-0.2, -0.15) is 5.26 Å². The number of hydrogen-bond acceptors (Lipinski definition) is 17. The molecular weight excluding hydrogens is 752 g/mol. The molecule has 328 valence electrons. The molecule has 0 spiro atoms. The highest BCUT2D eigenvalue weighted by Crippen LogP contribution is 2.38. The second-order valence-electron chi connectivity index (χ2n) is 13.9. The Morgan fingerprint density at radius 2 is 1.46 bits per heavy atom. The van der Waals surface area contributed by atoms with Crippen molar-refractivity contribution in [2.75, 3.05) is 33.5 Å². The molecule has 2 aliphatic rings. The smallest absolute Gasteiger partial charge is 0.321 e. The summed E-state index contributed by atoms with van der Waals surface area (Å²) in [4.78, 5) is 39.1. The van der Waals surface area contributed by atoms with Crippen LogP contribution in [0.2, 0.25) is 0 Å². The van der Waals surface area contributed by atoms with Crippen LogP contribution in [0.5, 0.6) is 0 Å². The molecule has 0 aliphatic carbocycles. The van der Waals surface area contributed by atoms with Gasteiger partial charge in [-0.1, -0.05) is 82.5 Å². The zero-order valence-corrected chi connectivity index (χ0v) is 33.7. The van der Waals surface area contributed by atoms with Gasteiger partial charge in [0.1, 0.15) is 56.4 Å². The van der Waals surface area contributed by atoms with Crippen molar-refractivity contribution in [1.82, 2.24) is 10.6 Å². The maximum absolute atomic E-state index is 13.0. The van der Waals surface area contributed by atoms with E-state index < -0.39 is 104 Å². The second-order valence-corrected chi connectivity index (χ2v) is 13.9. The van der Waals surface area contributed by atoms with E-state index in [-0.39, 0.29) is 0 Å². The number of carbonyl (C=O) groups is 3. The van der Waals surface area contributed by atoms with Crippen molar-refractivity contribution in [1.29, 1.82) is 5.26 Å². The van der Waals surface area contributed by atoms with Crippen LogP contribution < -0.4 is 10.6 Å². The van der Waals surface area contributed by atoms with E-state index in [0.717, 1.165) is 38.5 Å². The Kier molecular flexibility index (Phi) is 26.3. The Morgan fingerprint density at radius 3 is 2.00 bits per heavy atom. The molecule has 3 amide bonds. The number of rotatable bonds is 24. The number of amides is 3. The molecule has 2 fully saturated rings. The van der Waals surface area contributed by atoms with Crippen LogP contribution in [0.4, 0.5) is 4.79 Å². The van der Waals surface area contributed by atoms with Crippen LogP contribution in [0.15, 0.2) is 17.3 Å². The molecule has 10 atom stereocenters. The average molecular weight is 819 g/mol. The summed E-state index contributed by atoms with van der Waals surface area (Å²) in [6.07, 6.45) is 6.11. The summed E-state index contributed by atoms with van der Waals surface area (Å²) in [6, 6.07) is 0.799. The highest BCUT2D eigenvalue weighted by Gasteiger charge is 2.61. The van der Waals surface area contributed by atoms with Crippen LogP contribution in [-0.4, -0.2) is 148 Å². The quantitative estimate of drug-likeness (QED) is 0.0214. The summed E-state index contributed by atoms with van der Waals surface area (Å²) in [5.74, 6) is -4.38. The number of aliphatic hydroxyl groups is 7. The highest BCUT2D eigenvalue weighted by molar-refractivity contribution is 6.46. The molecule has 0 bridgehead atoms. The number of oxime groups is 1. The molecule has 2 aliphatic heterocycles. The fourth-order valence-electron chi connectivity index (χ4n) is 6.05. The van der Waals surface area contributed by atoms with Gasteiger partial charge in [-0.15, -0.1) is 0 Å². The molecular formula is C38H66N4O15. The van der Waals surface area contributed by atoms with Crippen LogP contribution >= 0.6 is 0 Å². The SMILES string of the molecule is CCCCCCCC/C=C\CCCCCCC(C)C(=O)O[C@H]1[C@H](O)[C@@H](CO)O[C@@]1(CO)O[C@H]1O[C@H](CO)[C@@H](O)[C@H](O)[C@H]1O.CCNC(=O)NC(=O)/C(C#N)=N/OC. The minimum atomic E-state index is -2.27. The predicted molar refractivity (Wildman–Crippen MR) is 204 cm³/mol. The first-order valence-corrected chi connectivity index (χ1v) is 19.8. The molecule has 57 heavy (non-hydrogen) atoms. The third-order valence-corrected chi connectivity index (χ3v) is 9.40. The lowest BCUT2D eigenvalue weighted by Crippen LogP contribution is -2.63. The molecule has 9 N–H and O–H groups in total. The Morgan fingerprint density at radius 1 is 0.860 bits per heavy atom. The minimum absolute atomic E-state index is 0.377. The van der Waals surface area contributed by atoms with Gasteiger partial charge < -0.3 is 64.8 Å². The van der Waals surface area contributed by atoms with Gasteiger partial charge in [0, 0.05) is 6.54 Å². The predicted octanol–water partition coefficient (Wildman–Crippen LogP) is 0.797. The van der Waals surface area contributed by atoms with Crippen molar-refractivity contribution >= 4 is 23.6 Å². The number of nitrogens with one attached hydrogen (secondary N) is 2. The summed E-state index contributed by atoms with van der Waals surface area (Å²) in [6.45, 7) is 3.60. The molecule has 0 aromatic carbocycles. The van der Waals surface area contributed by atoms with Crippen molar-refractivity contribution < 1.29 is 73.9 Å². The standard InChI is InChI=1S/C31H56O12.C7H10N4O3/c1-3-4-5-6-7-8-9-10-11-12-13-14-15-16-17-21(2)29(39)41-28-25(36)23(19-33)42-31(28,20-34)43-30-27(38)26(37)24(35)22(18-32)40-30;1-3-9-7(13)10-6(12)5(4-8)11-14-2/h10-11,21-28,30,32-38H,3-9,12-20H2,1-2H3;3H2,1-2H3,(H2,9,10,12,13)/b11-10-;11-5+/t21?,22-,23-,24-,25-,26+,27-,28+,30-,31+;/m1./s1. The number of carbonyl (C=O) groups excluding carboxylic acids is 3. The third-order valence-electron chi connectivity index (χ3n) is 9.40. The van der Waals surface area contributed by atoms with Gasteiger partial charge in [-0.25, -0.2) is 4.79 Å². The summed E-state index contributed by atoms with van der Waals surface area (Å²) in [5, 5.41) is 86.4. The summed E-state index contributed by atoms with van der Waals surface area (Å²) in [7, 11) is 1.19. The van der Waals surface area contributed by atoms with Crippen LogP contribution in [0.1, 0.15) is 104 Å². The van der Waals surface area contributed by atoms with Gasteiger partial charge >= 0.3 is 12.0 Å².